The van der Waals surface area contributed by atoms with Crippen molar-refractivity contribution in [2.45, 2.75) is 6.42 Å². The summed E-state index contributed by atoms with van der Waals surface area (Å²) in [5, 5.41) is 13.5. The first-order valence-corrected chi connectivity index (χ1v) is 5.70. The van der Waals surface area contributed by atoms with E-state index in [2.05, 4.69) is 20.1 Å². The second-order valence-electron chi connectivity index (χ2n) is 3.89. The second kappa shape index (κ2) is 4.85. The maximum absolute atomic E-state index is 9.68. The summed E-state index contributed by atoms with van der Waals surface area (Å²) in [5.41, 5.74) is 0.728. The van der Waals surface area contributed by atoms with Crippen molar-refractivity contribution in [1.29, 1.82) is 0 Å². The molecule has 3 rings (SSSR count). The third kappa shape index (κ3) is 2.42. The quantitative estimate of drug-likeness (QED) is 0.767. The van der Waals surface area contributed by atoms with E-state index in [0.717, 1.165) is 5.56 Å². The average Bonchev–Trinajstić information content (AvgIpc) is 2.91. The van der Waals surface area contributed by atoms with Gasteiger partial charge in [0.1, 0.15) is 5.75 Å². The minimum Gasteiger partial charge on any atom is -0.508 e. The molecule has 19 heavy (non-hydrogen) atoms. The molecule has 0 fully saturated rings. The smallest absolute Gasteiger partial charge is 0.240 e. The number of phenolic OH excluding ortho intramolecular Hbond substituents is 1. The Morgan fingerprint density at radius 2 is 1.79 bits per heavy atom. The highest BCUT2D eigenvalue weighted by Gasteiger charge is 2.12. The fourth-order valence-corrected chi connectivity index (χ4v) is 1.66. The van der Waals surface area contributed by atoms with Crippen molar-refractivity contribution >= 4 is 0 Å². The lowest BCUT2D eigenvalue weighted by Gasteiger charge is -1.99. The van der Waals surface area contributed by atoms with E-state index < -0.39 is 0 Å². The lowest BCUT2D eigenvalue weighted by Crippen LogP contribution is -1.91. The molecule has 0 saturated carbocycles. The van der Waals surface area contributed by atoms with Crippen LogP contribution in [0.5, 0.6) is 5.75 Å². The van der Waals surface area contributed by atoms with Crippen LogP contribution in [-0.2, 0) is 6.42 Å². The van der Waals surface area contributed by atoms with Crippen molar-refractivity contribution in [3.8, 4) is 17.4 Å². The molecule has 0 aliphatic heterocycles. The molecule has 6 nitrogen and oxygen atoms in total. The Kier molecular flexibility index (Phi) is 2.89. The van der Waals surface area contributed by atoms with E-state index in [0.29, 0.717) is 24.0 Å². The van der Waals surface area contributed by atoms with E-state index in [-0.39, 0.29) is 5.75 Å². The highest BCUT2D eigenvalue weighted by atomic mass is 16.5. The first kappa shape index (κ1) is 11.3. The first-order valence-electron chi connectivity index (χ1n) is 5.70. The minimum absolute atomic E-state index is 0.207. The molecule has 0 atom stereocenters. The lowest BCUT2D eigenvalue weighted by molar-refractivity contribution is 0.383. The third-order valence-electron chi connectivity index (χ3n) is 2.57. The fourth-order valence-electron chi connectivity index (χ4n) is 1.66. The van der Waals surface area contributed by atoms with Gasteiger partial charge in [-0.25, -0.2) is 9.97 Å². The average molecular weight is 254 g/mol. The van der Waals surface area contributed by atoms with Crippen LogP contribution in [0.4, 0.5) is 0 Å². The van der Waals surface area contributed by atoms with E-state index in [9.17, 15) is 5.11 Å². The van der Waals surface area contributed by atoms with Crippen LogP contribution in [-0.4, -0.2) is 25.2 Å². The summed E-state index contributed by atoms with van der Waals surface area (Å²) in [6, 6.07) is 8.74. The molecule has 0 saturated heterocycles. The molecule has 0 radical (unpaired) electrons. The topological polar surface area (TPSA) is 84.9 Å². The zero-order valence-electron chi connectivity index (χ0n) is 9.89. The highest BCUT2D eigenvalue weighted by molar-refractivity contribution is 5.41. The number of hydrogen-bond acceptors (Lipinski definition) is 6. The van der Waals surface area contributed by atoms with Crippen molar-refractivity contribution in [2.24, 2.45) is 0 Å². The summed E-state index contributed by atoms with van der Waals surface area (Å²) in [7, 11) is 0. The van der Waals surface area contributed by atoms with E-state index >= 15 is 0 Å². The third-order valence-corrected chi connectivity index (χ3v) is 2.57. The van der Waals surface area contributed by atoms with Gasteiger partial charge < -0.3 is 9.63 Å². The monoisotopic (exact) mass is 254 g/mol. The molecule has 2 aromatic heterocycles. The number of rotatable bonds is 3. The summed E-state index contributed by atoms with van der Waals surface area (Å²) in [4.78, 5) is 12.3. The Morgan fingerprint density at radius 1 is 1.00 bits per heavy atom. The SMILES string of the molecule is Oc1ccccc1Cc1nc(-c2ncccn2)no1. The molecule has 6 heteroatoms. The molecular formula is C13H10N4O2. The predicted molar refractivity (Wildman–Crippen MR) is 66.2 cm³/mol. The Bertz CT molecular complexity index is 682. The number of nitrogens with zero attached hydrogens (tertiary/aromatic N) is 4. The zero-order valence-corrected chi connectivity index (χ0v) is 9.89. The molecule has 2 heterocycles. The summed E-state index contributed by atoms with van der Waals surface area (Å²) in [6.07, 6.45) is 3.59. The van der Waals surface area contributed by atoms with E-state index in [1.165, 1.54) is 0 Å². The van der Waals surface area contributed by atoms with Gasteiger partial charge in [-0.15, -0.1) is 0 Å². The van der Waals surface area contributed by atoms with Crippen molar-refractivity contribution in [3.05, 3.63) is 54.2 Å². The summed E-state index contributed by atoms with van der Waals surface area (Å²) in [6.45, 7) is 0. The zero-order chi connectivity index (χ0) is 13.1. The molecule has 1 aromatic carbocycles. The maximum atomic E-state index is 9.68. The van der Waals surface area contributed by atoms with Crippen LogP contribution < -0.4 is 0 Å². The number of phenols is 1. The summed E-state index contributed by atoms with van der Waals surface area (Å²) < 4.78 is 5.13. The first-order chi connectivity index (χ1) is 9.33. The van der Waals surface area contributed by atoms with E-state index in [1.54, 1.807) is 36.7 Å². The van der Waals surface area contributed by atoms with Crippen molar-refractivity contribution in [2.75, 3.05) is 0 Å². The molecule has 0 spiro atoms. The summed E-state index contributed by atoms with van der Waals surface area (Å²) >= 11 is 0. The molecule has 0 amide bonds. The van der Waals surface area contributed by atoms with Gasteiger partial charge >= 0.3 is 0 Å². The molecule has 0 aliphatic carbocycles. The minimum atomic E-state index is 0.207. The Labute approximate surface area is 108 Å². The lowest BCUT2D eigenvalue weighted by atomic mass is 10.1. The van der Waals surface area contributed by atoms with Crippen LogP contribution in [0.1, 0.15) is 11.5 Å². The van der Waals surface area contributed by atoms with E-state index in [4.69, 9.17) is 4.52 Å². The largest absolute Gasteiger partial charge is 0.508 e. The second-order valence-corrected chi connectivity index (χ2v) is 3.89. The Hall–Kier alpha value is -2.76. The van der Waals surface area contributed by atoms with Crippen molar-refractivity contribution in [1.82, 2.24) is 20.1 Å². The predicted octanol–water partition coefficient (Wildman–Crippen LogP) is 1.82. The highest BCUT2D eigenvalue weighted by Crippen LogP contribution is 2.19. The summed E-state index contributed by atoms with van der Waals surface area (Å²) in [5.74, 6) is 1.36. The van der Waals surface area contributed by atoms with Crippen LogP contribution >= 0.6 is 0 Å². The standard InChI is InChI=1S/C13H10N4O2/c18-10-5-2-1-4-9(10)8-11-16-13(17-19-11)12-14-6-3-7-15-12/h1-7,18H,8H2. The van der Waals surface area contributed by atoms with Gasteiger partial charge in [0.25, 0.3) is 0 Å². The van der Waals surface area contributed by atoms with Crippen molar-refractivity contribution in [3.63, 3.8) is 0 Å². The van der Waals surface area contributed by atoms with Gasteiger partial charge in [0.05, 0.1) is 6.42 Å². The molecular weight excluding hydrogens is 244 g/mol. The van der Waals surface area contributed by atoms with Crippen LogP contribution in [0.3, 0.4) is 0 Å². The molecule has 94 valence electrons. The van der Waals surface area contributed by atoms with Crippen LogP contribution in [0.2, 0.25) is 0 Å². The normalized spacial score (nSPS) is 10.5. The number of benzene rings is 1. The molecule has 0 aliphatic rings. The van der Waals surface area contributed by atoms with Crippen LogP contribution in [0.25, 0.3) is 11.6 Å². The van der Waals surface area contributed by atoms with Crippen molar-refractivity contribution < 1.29 is 9.63 Å². The van der Waals surface area contributed by atoms with Crippen LogP contribution in [0.15, 0.2) is 47.2 Å². The number of aromatic hydroxyl groups is 1. The fraction of sp³-hybridized carbons (Fsp3) is 0.0769. The number of aromatic nitrogens is 4. The van der Waals surface area contributed by atoms with E-state index in [1.807, 2.05) is 6.07 Å². The Morgan fingerprint density at radius 3 is 2.58 bits per heavy atom. The maximum Gasteiger partial charge on any atom is 0.240 e. The van der Waals surface area contributed by atoms with Gasteiger partial charge in [-0.05, 0) is 12.1 Å². The van der Waals surface area contributed by atoms with Gasteiger partial charge in [0, 0.05) is 18.0 Å². The molecule has 1 N–H and O–H groups in total. The Balaban J connectivity index is 1.85. The molecule has 0 bridgehead atoms. The molecule has 3 aromatic rings. The van der Waals surface area contributed by atoms with Gasteiger partial charge in [0.15, 0.2) is 0 Å². The van der Waals surface area contributed by atoms with Gasteiger partial charge in [-0.3, -0.25) is 0 Å². The van der Waals surface area contributed by atoms with Gasteiger partial charge in [0.2, 0.25) is 17.5 Å². The number of para-hydroxylation sites is 1. The molecule has 0 unspecified atom stereocenters. The van der Waals surface area contributed by atoms with Gasteiger partial charge in [-0.2, -0.15) is 4.98 Å². The van der Waals surface area contributed by atoms with Crippen LogP contribution in [0, 0.1) is 0 Å². The number of hydrogen-bond donors (Lipinski definition) is 1. The van der Waals surface area contributed by atoms with Gasteiger partial charge in [-0.1, -0.05) is 23.4 Å².